The molecule has 27 heavy (non-hydrogen) atoms. The molecule has 1 aromatic heterocycles. The summed E-state index contributed by atoms with van der Waals surface area (Å²) in [6, 6.07) is 9.91. The smallest absolute Gasteiger partial charge is 0.354 e. The Balaban J connectivity index is 1.37. The quantitative estimate of drug-likeness (QED) is 0.871. The summed E-state index contributed by atoms with van der Waals surface area (Å²) in [6.07, 6.45) is 7.88. The molecule has 0 bridgehead atoms. The van der Waals surface area contributed by atoms with E-state index in [4.69, 9.17) is 4.74 Å². The van der Waals surface area contributed by atoms with Crippen molar-refractivity contribution < 1.29 is 14.6 Å². The number of aryl methyl sites for hydroxylation is 1. The van der Waals surface area contributed by atoms with Crippen LogP contribution >= 0.6 is 0 Å². The summed E-state index contributed by atoms with van der Waals surface area (Å²) in [5, 5.41) is 13.6. The second-order valence-electron chi connectivity index (χ2n) is 7.67. The van der Waals surface area contributed by atoms with Gasteiger partial charge in [-0.3, -0.25) is 0 Å². The van der Waals surface area contributed by atoms with Crippen LogP contribution in [0.3, 0.4) is 0 Å². The molecule has 0 unspecified atom stereocenters. The Morgan fingerprint density at radius 2 is 1.78 bits per heavy atom. The first-order chi connectivity index (χ1) is 13.1. The van der Waals surface area contributed by atoms with Crippen molar-refractivity contribution in [2.75, 3.05) is 13.1 Å². The number of ether oxygens (including phenoxy) is 1. The highest BCUT2D eigenvalue weighted by molar-refractivity contribution is 5.86. The Bertz CT molecular complexity index is 786. The lowest BCUT2D eigenvalue weighted by Gasteiger charge is -2.36. The van der Waals surface area contributed by atoms with E-state index in [-0.39, 0.29) is 11.8 Å². The van der Waals surface area contributed by atoms with Crippen LogP contribution in [0, 0.1) is 6.92 Å². The average Bonchev–Trinajstić information content (AvgIpc) is 3.33. The van der Waals surface area contributed by atoms with Crippen LogP contribution in [0.1, 0.15) is 54.7 Å². The summed E-state index contributed by atoms with van der Waals surface area (Å²) in [4.78, 5) is 14.0. The minimum absolute atomic E-state index is 0.167. The Morgan fingerprint density at radius 3 is 2.41 bits per heavy atom. The Hall–Kier alpha value is -2.34. The number of hydrogen-bond donors (Lipinski definition) is 1. The van der Waals surface area contributed by atoms with Crippen LogP contribution in [0.4, 0.5) is 0 Å². The molecule has 6 nitrogen and oxygen atoms in total. The van der Waals surface area contributed by atoms with Crippen molar-refractivity contribution in [3.05, 3.63) is 41.7 Å². The Kier molecular flexibility index (Phi) is 5.16. The average molecular weight is 369 g/mol. The molecule has 4 rings (SSSR count). The van der Waals surface area contributed by atoms with Crippen molar-refractivity contribution in [2.24, 2.45) is 0 Å². The standard InChI is InChI=1S/C21H27N3O3/c1-15-14-20(21(25)26)24(22-15)17-6-8-18(9-7-17)27-19-10-12-23(13-11-19)16-4-2-3-5-16/h6-9,14,16,19H,2-5,10-13H2,1H3,(H,25,26). The van der Waals surface area contributed by atoms with Gasteiger partial charge in [0, 0.05) is 19.1 Å². The minimum Gasteiger partial charge on any atom is -0.490 e. The fourth-order valence-electron chi connectivity index (χ4n) is 4.34. The number of nitrogens with zero attached hydrogens (tertiary/aromatic N) is 3. The number of benzene rings is 1. The highest BCUT2D eigenvalue weighted by atomic mass is 16.5. The van der Waals surface area contributed by atoms with E-state index >= 15 is 0 Å². The third-order valence-corrected chi connectivity index (χ3v) is 5.75. The highest BCUT2D eigenvalue weighted by Crippen LogP contribution is 2.27. The van der Waals surface area contributed by atoms with E-state index in [9.17, 15) is 9.90 Å². The molecule has 2 aromatic rings. The number of rotatable bonds is 5. The number of carbonyl (C=O) groups is 1. The van der Waals surface area contributed by atoms with Crippen molar-refractivity contribution in [2.45, 2.75) is 57.6 Å². The first kappa shape index (κ1) is 18.0. The summed E-state index contributed by atoms with van der Waals surface area (Å²) in [5.74, 6) is -0.149. The zero-order valence-electron chi connectivity index (χ0n) is 15.8. The van der Waals surface area contributed by atoms with E-state index in [0.29, 0.717) is 5.69 Å². The second kappa shape index (κ2) is 7.72. The van der Waals surface area contributed by atoms with E-state index in [1.54, 1.807) is 13.0 Å². The zero-order chi connectivity index (χ0) is 18.8. The Labute approximate surface area is 159 Å². The zero-order valence-corrected chi connectivity index (χ0v) is 15.8. The van der Waals surface area contributed by atoms with Crippen LogP contribution < -0.4 is 4.74 Å². The summed E-state index contributed by atoms with van der Waals surface area (Å²) in [6.45, 7) is 4.04. The van der Waals surface area contributed by atoms with Gasteiger partial charge < -0.3 is 14.7 Å². The molecule has 2 heterocycles. The molecule has 1 saturated carbocycles. The molecule has 2 fully saturated rings. The normalized spacial score (nSPS) is 19.4. The van der Waals surface area contributed by atoms with Gasteiger partial charge in [0.15, 0.2) is 5.69 Å². The van der Waals surface area contributed by atoms with E-state index in [0.717, 1.165) is 43.4 Å². The molecule has 1 aromatic carbocycles. The molecule has 144 valence electrons. The largest absolute Gasteiger partial charge is 0.490 e. The lowest BCUT2D eigenvalue weighted by Crippen LogP contribution is -2.43. The molecule has 1 aliphatic heterocycles. The molecule has 6 heteroatoms. The van der Waals surface area contributed by atoms with Gasteiger partial charge in [0.05, 0.1) is 11.4 Å². The lowest BCUT2D eigenvalue weighted by molar-refractivity contribution is 0.0687. The van der Waals surface area contributed by atoms with Gasteiger partial charge in [-0.25, -0.2) is 9.48 Å². The van der Waals surface area contributed by atoms with Crippen LogP contribution in [0.5, 0.6) is 5.75 Å². The van der Waals surface area contributed by atoms with Gasteiger partial charge in [-0.15, -0.1) is 0 Å². The van der Waals surface area contributed by atoms with Gasteiger partial charge in [0.1, 0.15) is 11.9 Å². The summed E-state index contributed by atoms with van der Waals surface area (Å²) in [7, 11) is 0. The van der Waals surface area contributed by atoms with E-state index in [1.165, 1.54) is 30.4 Å². The van der Waals surface area contributed by atoms with Crippen molar-refractivity contribution in [3.63, 3.8) is 0 Å². The topological polar surface area (TPSA) is 67.6 Å². The molecule has 1 saturated heterocycles. The highest BCUT2D eigenvalue weighted by Gasteiger charge is 2.27. The maximum absolute atomic E-state index is 11.4. The molecule has 2 aliphatic rings. The van der Waals surface area contributed by atoms with E-state index in [2.05, 4.69) is 10.00 Å². The molecule has 0 radical (unpaired) electrons. The molecule has 1 N–H and O–H groups in total. The predicted molar refractivity (Wildman–Crippen MR) is 103 cm³/mol. The van der Waals surface area contributed by atoms with Crippen molar-refractivity contribution in [3.8, 4) is 11.4 Å². The van der Waals surface area contributed by atoms with Gasteiger partial charge in [-0.1, -0.05) is 12.8 Å². The fraction of sp³-hybridized carbons (Fsp3) is 0.524. The number of piperidine rings is 1. The first-order valence-electron chi connectivity index (χ1n) is 9.91. The predicted octanol–water partition coefficient (Wildman–Crippen LogP) is 3.66. The molecule has 0 atom stereocenters. The minimum atomic E-state index is -0.982. The van der Waals surface area contributed by atoms with E-state index in [1.807, 2.05) is 24.3 Å². The number of aromatic carboxylic acids is 1. The van der Waals surface area contributed by atoms with Gasteiger partial charge in [-0.2, -0.15) is 5.10 Å². The third-order valence-electron chi connectivity index (χ3n) is 5.75. The molecule has 0 spiro atoms. The van der Waals surface area contributed by atoms with Gasteiger partial charge in [-0.05, 0) is 62.9 Å². The van der Waals surface area contributed by atoms with Crippen molar-refractivity contribution >= 4 is 5.97 Å². The van der Waals surface area contributed by atoms with Crippen molar-refractivity contribution in [1.29, 1.82) is 0 Å². The van der Waals surface area contributed by atoms with Gasteiger partial charge in [0.25, 0.3) is 0 Å². The molecular weight excluding hydrogens is 342 g/mol. The van der Waals surface area contributed by atoms with Crippen LogP contribution in [-0.4, -0.2) is 51.0 Å². The van der Waals surface area contributed by atoms with Crippen LogP contribution in [0.25, 0.3) is 5.69 Å². The lowest BCUT2D eigenvalue weighted by atomic mass is 10.0. The second-order valence-corrected chi connectivity index (χ2v) is 7.67. The number of likely N-dealkylation sites (tertiary alicyclic amines) is 1. The van der Waals surface area contributed by atoms with Crippen molar-refractivity contribution in [1.82, 2.24) is 14.7 Å². The van der Waals surface area contributed by atoms with Gasteiger partial charge in [0.2, 0.25) is 0 Å². The summed E-state index contributed by atoms with van der Waals surface area (Å²) < 4.78 is 7.63. The summed E-state index contributed by atoms with van der Waals surface area (Å²) in [5.41, 5.74) is 1.58. The summed E-state index contributed by atoms with van der Waals surface area (Å²) >= 11 is 0. The Morgan fingerprint density at radius 1 is 1.11 bits per heavy atom. The maximum Gasteiger partial charge on any atom is 0.354 e. The van der Waals surface area contributed by atoms with E-state index < -0.39 is 5.97 Å². The fourth-order valence-corrected chi connectivity index (χ4v) is 4.34. The number of hydrogen-bond acceptors (Lipinski definition) is 4. The van der Waals surface area contributed by atoms with Crippen LogP contribution in [-0.2, 0) is 0 Å². The first-order valence-corrected chi connectivity index (χ1v) is 9.91. The number of aromatic nitrogens is 2. The van der Waals surface area contributed by atoms with Crippen LogP contribution in [0.15, 0.2) is 30.3 Å². The monoisotopic (exact) mass is 369 g/mol. The number of carboxylic acids is 1. The molecule has 1 aliphatic carbocycles. The SMILES string of the molecule is Cc1cc(C(=O)O)n(-c2ccc(OC3CCN(C4CCCC4)CC3)cc2)n1. The maximum atomic E-state index is 11.4. The molecule has 0 amide bonds. The van der Waals surface area contributed by atoms with Gasteiger partial charge >= 0.3 is 5.97 Å². The third kappa shape index (κ3) is 4.00. The molecular formula is C21H27N3O3. The van der Waals surface area contributed by atoms with Crippen LogP contribution in [0.2, 0.25) is 0 Å². The number of carboxylic acid groups (broad SMARTS) is 1.